The third-order valence-corrected chi connectivity index (χ3v) is 4.51. The summed E-state index contributed by atoms with van der Waals surface area (Å²) in [5.74, 6) is 0.655. The Balaban J connectivity index is 2.61. The number of nitrogens with one attached hydrogen (secondary N) is 2. The Hall–Kier alpha value is -1.14. The topological polar surface area (TPSA) is 71.1 Å². The van der Waals surface area contributed by atoms with Gasteiger partial charge in [-0.1, -0.05) is 33.6 Å². The molecule has 0 saturated carbocycles. The van der Waals surface area contributed by atoms with Crippen molar-refractivity contribution in [1.82, 2.24) is 9.71 Å². The van der Waals surface area contributed by atoms with Crippen molar-refractivity contribution in [1.29, 1.82) is 0 Å². The first kappa shape index (κ1) is 17.9. The Morgan fingerprint density at radius 2 is 2.00 bits per heavy atom. The first-order valence-electron chi connectivity index (χ1n) is 7.66. The molecule has 0 spiro atoms. The van der Waals surface area contributed by atoms with Gasteiger partial charge in [-0.25, -0.2) is 18.1 Å². The van der Waals surface area contributed by atoms with Crippen LogP contribution < -0.4 is 10.0 Å². The van der Waals surface area contributed by atoms with Crippen LogP contribution in [0.5, 0.6) is 0 Å². The predicted octanol–water partition coefficient (Wildman–Crippen LogP) is 3.01. The van der Waals surface area contributed by atoms with Crippen LogP contribution in [0.2, 0.25) is 0 Å². The fourth-order valence-corrected chi connectivity index (χ4v) is 3.13. The summed E-state index contributed by atoms with van der Waals surface area (Å²) in [4.78, 5) is 4.02. The van der Waals surface area contributed by atoms with Gasteiger partial charge in [0.05, 0.1) is 5.69 Å². The number of hydrogen-bond donors (Lipinski definition) is 2. The van der Waals surface area contributed by atoms with E-state index in [0.717, 1.165) is 32.2 Å². The van der Waals surface area contributed by atoms with Gasteiger partial charge >= 0.3 is 0 Å². The average molecular weight is 313 g/mol. The lowest BCUT2D eigenvalue weighted by molar-refractivity contribution is 0.530. The molecule has 21 heavy (non-hydrogen) atoms. The molecule has 1 aromatic rings. The Labute approximate surface area is 128 Å². The minimum Gasteiger partial charge on any atom is -0.383 e. The van der Waals surface area contributed by atoms with Crippen molar-refractivity contribution in [2.75, 3.05) is 18.4 Å². The molecule has 5 nitrogen and oxygen atoms in total. The van der Waals surface area contributed by atoms with Gasteiger partial charge in [-0.15, -0.1) is 0 Å². The number of aromatic nitrogens is 1. The third kappa shape index (κ3) is 6.44. The largest absolute Gasteiger partial charge is 0.383 e. The molecule has 0 aromatic carbocycles. The zero-order chi connectivity index (χ0) is 15.7. The molecule has 0 amide bonds. The summed E-state index contributed by atoms with van der Waals surface area (Å²) < 4.78 is 27.2. The molecule has 0 aliphatic rings. The summed E-state index contributed by atoms with van der Waals surface area (Å²) in [6.45, 7) is 7.55. The van der Waals surface area contributed by atoms with E-state index in [-0.39, 0.29) is 5.03 Å². The van der Waals surface area contributed by atoms with Crippen LogP contribution in [0.3, 0.4) is 0 Å². The third-order valence-electron chi connectivity index (χ3n) is 3.09. The molecule has 0 aliphatic heterocycles. The van der Waals surface area contributed by atoms with E-state index < -0.39 is 10.0 Å². The van der Waals surface area contributed by atoms with Crippen molar-refractivity contribution >= 4 is 15.7 Å². The number of hydrogen-bond acceptors (Lipinski definition) is 4. The zero-order valence-electron chi connectivity index (χ0n) is 13.2. The smallest absolute Gasteiger partial charge is 0.260 e. The van der Waals surface area contributed by atoms with Crippen molar-refractivity contribution in [2.24, 2.45) is 5.92 Å². The van der Waals surface area contributed by atoms with Gasteiger partial charge in [0.15, 0.2) is 5.03 Å². The Morgan fingerprint density at radius 1 is 1.24 bits per heavy atom. The highest BCUT2D eigenvalue weighted by molar-refractivity contribution is 7.89. The lowest BCUT2D eigenvalue weighted by atomic mass is 10.1. The molecule has 6 heteroatoms. The molecule has 1 aromatic heterocycles. The fourth-order valence-electron chi connectivity index (χ4n) is 1.95. The summed E-state index contributed by atoms with van der Waals surface area (Å²) in [5, 5.41) is 3.19. The normalized spacial score (nSPS) is 11.8. The maximum Gasteiger partial charge on any atom is 0.260 e. The Morgan fingerprint density at radius 3 is 2.67 bits per heavy atom. The molecule has 0 saturated heterocycles. The van der Waals surface area contributed by atoms with Gasteiger partial charge in [0.1, 0.15) is 0 Å². The minimum absolute atomic E-state index is 0.0855. The SMILES string of the molecule is CCCNc1cccnc1S(=O)(=O)NCCCCC(C)C. The highest BCUT2D eigenvalue weighted by atomic mass is 32.2. The van der Waals surface area contributed by atoms with E-state index >= 15 is 0 Å². The summed E-state index contributed by atoms with van der Waals surface area (Å²) in [6, 6.07) is 3.48. The monoisotopic (exact) mass is 313 g/mol. The van der Waals surface area contributed by atoms with Crippen molar-refractivity contribution in [3.8, 4) is 0 Å². The lowest BCUT2D eigenvalue weighted by Crippen LogP contribution is -2.26. The van der Waals surface area contributed by atoms with Gasteiger partial charge in [-0.3, -0.25) is 0 Å². The molecule has 0 radical (unpaired) electrons. The van der Waals surface area contributed by atoms with Crippen LogP contribution in [-0.4, -0.2) is 26.5 Å². The van der Waals surface area contributed by atoms with Crippen LogP contribution in [0.25, 0.3) is 0 Å². The number of nitrogens with zero attached hydrogens (tertiary/aromatic N) is 1. The Bertz CT molecular complexity index is 515. The quantitative estimate of drug-likeness (QED) is 0.651. The second-order valence-corrected chi connectivity index (χ2v) is 7.25. The number of anilines is 1. The summed E-state index contributed by atoms with van der Waals surface area (Å²) in [7, 11) is -3.55. The second-order valence-electron chi connectivity index (χ2n) is 5.57. The molecule has 0 atom stereocenters. The van der Waals surface area contributed by atoms with Gasteiger partial charge in [-0.05, 0) is 30.9 Å². The van der Waals surface area contributed by atoms with Crippen LogP contribution in [0.1, 0.15) is 46.5 Å². The molecule has 0 fully saturated rings. The van der Waals surface area contributed by atoms with Gasteiger partial charge < -0.3 is 5.32 Å². The van der Waals surface area contributed by atoms with Gasteiger partial charge in [0, 0.05) is 19.3 Å². The molecule has 2 N–H and O–H groups in total. The van der Waals surface area contributed by atoms with E-state index in [1.807, 2.05) is 6.92 Å². The van der Waals surface area contributed by atoms with Gasteiger partial charge in [0.25, 0.3) is 10.0 Å². The molecule has 1 heterocycles. The van der Waals surface area contributed by atoms with E-state index in [1.54, 1.807) is 12.1 Å². The Kier molecular flexibility index (Phi) is 7.67. The number of pyridine rings is 1. The molecule has 0 bridgehead atoms. The van der Waals surface area contributed by atoms with Crippen molar-refractivity contribution < 1.29 is 8.42 Å². The van der Waals surface area contributed by atoms with Crippen LogP contribution in [0, 0.1) is 5.92 Å². The first-order valence-corrected chi connectivity index (χ1v) is 9.14. The highest BCUT2D eigenvalue weighted by Crippen LogP contribution is 2.17. The molecule has 0 aliphatic carbocycles. The summed E-state index contributed by atoms with van der Waals surface area (Å²) >= 11 is 0. The van der Waals surface area contributed by atoms with E-state index in [4.69, 9.17) is 0 Å². The molecule has 0 unspecified atom stereocenters. The maximum absolute atomic E-state index is 12.3. The predicted molar refractivity (Wildman–Crippen MR) is 86.9 cm³/mol. The van der Waals surface area contributed by atoms with Crippen molar-refractivity contribution in [3.05, 3.63) is 18.3 Å². The second kappa shape index (κ2) is 9.00. The van der Waals surface area contributed by atoms with E-state index in [0.29, 0.717) is 18.2 Å². The van der Waals surface area contributed by atoms with Crippen molar-refractivity contribution in [2.45, 2.75) is 51.5 Å². The molecule has 1 rings (SSSR count). The van der Waals surface area contributed by atoms with Crippen LogP contribution in [0.15, 0.2) is 23.4 Å². The maximum atomic E-state index is 12.3. The summed E-state index contributed by atoms with van der Waals surface area (Å²) in [6.07, 6.45) is 5.43. The van der Waals surface area contributed by atoms with Crippen LogP contribution >= 0.6 is 0 Å². The lowest BCUT2D eigenvalue weighted by Gasteiger charge is -2.12. The zero-order valence-corrected chi connectivity index (χ0v) is 14.0. The highest BCUT2D eigenvalue weighted by Gasteiger charge is 2.19. The van der Waals surface area contributed by atoms with Gasteiger partial charge in [0.2, 0.25) is 0 Å². The molecular formula is C15H27N3O2S. The first-order chi connectivity index (χ1) is 9.97. The fraction of sp³-hybridized carbons (Fsp3) is 0.667. The van der Waals surface area contributed by atoms with Crippen LogP contribution in [-0.2, 0) is 10.0 Å². The molecular weight excluding hydrogens is 286 g/mol. The van der Waals surface area contributed by atoms with Crippen molar-refractivity contribution in [3.63, 3.8) is 0 Å². The number of rotatable bonds is 10. The van der Waals surface area contributed by atoms with E-state index in [1.165, 1.54) is 6.20 Å². The van der Waals surface area contributed by atoms with E-state index in [9.17, 15) is 8.42 Å². The number of unbranched alkanes of at least 4 members (excludes halogenated alkanes) is 1. The minimum atomic E-state index is -3.55. The summed E-state index contributed by atoms with van der Waals surface area (Å²) in [5.41, 5.74) is 0.564. The average Bonchev–Trinajstić information content (AvgIpc) is 2.44. The standard InChI is InChI=1S/C15H27N3O2S/c1-4-10-16-14-9-7-11-17-15(14)21(19,20)18-12-6-5-8-13(2)3/h7,9,11,13,16,18H,4-6,8,10,12H2,1-3H3. The van der Waals surface area contributed by atoms with E-state index in [2.05, 4.69) is 28.9 Å². The molecule has 120 valence electrons. The van der Waals surface area contributed by atoms with Gasteiger partial charge in [-0.2, -0.15) is 0 Å². The number of sulfonamides is 1. The van der Waals surface area contributed by atoms with Crippen LogP contribution in [0.4, 0.5) is 5.69 Å².